The van der Waals surface area contributed by atoms with Crippen LogP contribution in [-0.4, -0.2) is 21.4 Å². The van der Waals surface area contributed by atoms with E-state index in [9.17, 15) is 9.59 Å². The number of hydrogen-bond acceptors (Lipinski definition) is 4. The Labute approximate surface area is 153 Å². The Kier molecular flexibility index (Phi) is 5.25. The summed E-state index contributed by atoms with van der Waals surface area (Å²) >= 11 is 7.20. The number of amides is 2. The minimum absolute atomic E-state index is 0.326. The van der Waals surface area contributed by atoms with Crippen molar-refractivity contribution in [2.75, 3.05) is 16.5 Å². The van der Waals surface area contributed by atoms with Crippen molar-refractivity contribution in [1.29, 1.82) is 0 Å². The average Bonchev–Trinajstić information content (AvgIpc) is 2.60. The third-order valence-corrected chi connectivity index (χ3v) is 4.41. The van der Waals surface area contributed by atoms with E-state index in [1.807, 2.05) is 13.0 Å². The number of benzene rings is 2. The zero-order valence-electron chi connectivity index (χ0n) is 13.3. The number of aromatic nitrogens is 2. The summed E-state index contributed by atoms with van der Waals surface area (Å²) in [5.41, 5.74) is 3.39. The number of fused-ring (bicyclic) bond motifs is 1. The van der Waals surface area contributed by atoms with Crippen LogP contribution in [-0.2, 0) is 0 Å². The lowest BCUT2D eigenvalue weighted by Crippen LogP contribution is -2.37. The summed E-state index contributed by atoms with van der Waals surface area (Å²) in [6.07, 6.45) is 0. The van der Waals surface area contributed by atoms with E-state index in [1.54, 1.807) is 42.5 Å². The molecule has 2 aromatic carbocycles. The molecule has 0 saturated carbocycles. The van der Waals surface area contributed by atoms with Crippen molar-refractivity contribution in [3.63, 3.8) is 0 Å². The first kappa shape index (κ1) is 17.3. The van der Waals surface area contributed by atoms with Gasteiger partial charge >= 0.3 is 6.03 Å². The van der Waals surface area contributed by atoms with Crippen LogP contribution >= 0.6 is 23.4 Å². The van der Waals surface area contributed by atoms with E-state index < -0.39 is 6.03 Å². The molecule has 0 aliphatic rings. The standard InChI is InChI=1S/C17H15ClN4O2S/c1-2-25-17-20-14-6-4-3-5-13(14)15(23)22(17)21-16(24)19-12-9-7-11(18)8-10-12/h3-10H,2H2,1H3,(H2,19,21,24). The summed E-state index contributed by atoms with van der Waals surface area (Å²) in [5.74, 6) is 0.714. The largest absolute Gasteiger partial charge is 0.338 e. The Bertz CT molecular complexity index is 973. The molecule has 0 unspecified atom stereocenters. The molecule has 1 aromatic heterocycles. The van der Waals surface area contributed by atoms with Gasteiger partial charge in [-0.05, 0) is 42.2 Å². The highest BCUT2D eigenvalue weighted by Gasteiger charge is 2.13. The number of nitrogens with one attached hydrogen (secondary N) is 2. The molecule has 3 rings (SSSR count). The van der Waals surface area contributed by atoms with Crippen LogP contribution in [0.1, 0.15) is 6.92 Å². The van der Waals surface area contributed by atoms with Crippen molar-refractivity contribution in [1.82, 2.24) is 9.66 Å². The first-order chi connectivity index (χ1) is 12.1. The fourth-order valence-electron chi connectivity index (χ4n) is 2.23. The maximum absolute atomic E-state index is 12.7. The SMILES string of the molecule is CCSc1nc2ccccc2c(=O)n1NC(=O)Nc1ccc(Cl)cc1. The van der Waals surface area contributed by atoms with Crippen molar-refractivity contribution < 1.29 is 4.79 Å². The van der Waals surface area contributed by atoms with Gasteiger partial charge in [-0.15, -0.1) is 0 Å². The lowest BCUT2D eigenvalue weighted by Gasteiger charge is -2.14. The minimum atomic E-state index is -0.542. The van der Waals surface area contributed by atoms with Crippen LogP contribution in [0.25, 0.3) is 10.9 Å². The predicted molar refractivity (Wildman–Crippen MR) is 102 cm³/mol. The molecule has 0 saturated heterocycles. The van der Waals surface area contributed by atoms with Crippen LogP contribution in [0.2, 0.25) is 5.02 Å². The number of rotatable bonds is 4. The van der Waals surface area contributed by atoms with E-state index in [0.29, 0.717) is 32.5 Å². The molecule has 0 atom stereocenters. The first-order valence-corrected chi connectivity index (χ1v) is 8.93. The van der Waals surface area contributed by atoms with E-state index in [0.717, 1.165) is 0 Å². The van der Waals surface area contributed by atoms with Gasteiger partial charge in [0.1, 0.15) is 0 Å². The molecule has 0 spiro atoms. The summed E-state index contributed by atoms with van der Waals surface area (Å²) in [5, 5.41) is 4.10. The summed E-state index contributed by atoms with van der Waals surface area (Å²) < 4.78 is 1.17. The second kappa shape index (κ2) is 7.58. The molecular formula is C17H15ClN4O2S. The molecule has 2 amide bonds. The van der Waals surface area contributed by atoms with Crippen molar-refractivity contribution >= 4 is 46.0 Å². The molecule has 0 aliphatic carbocycles. The molecular weight excluding hydrogens is 360 g/mol. The van der Waals surface area contributed by atoms with Crippen LogP contribution in [0.15, 0.2) is 58.5 Å². The average molecular weight is 375 g/mol. The monoisotopic (exact) mass is 374 g/mol. The summed E-state index contributed by atoms with van der Waals surface area (Å²) in [6, 6.07) is 13.2. The van der Waals surface area contributed by atoms with Gasteiger partial charge in [-0.25, -0.2) is 15.2 Å². The molecule has 0 radical (unpaired) electrons. The van der Waals surface area contributed by atoms with Gasteiger partial charge in [0.05, 0.1) is 10.9 Å². The summed E-state index contributed by atoms with van der Waals surface area (Å²) in [7, 11) is 0. The van der Waals surface area contributed by atoms with E-state index in [2.05, 4.69) is 15.7 Å². The van der Waals surface area contributed by atoms with E-state index in [1.165, 1.54) is 16.4 Å². The highest BCUT2D eigenvalue weighted by Crippen LogP contribution is 2.17. The van der Waals surface area contributed by atoms with Gasteiger partial charge in [0.2, 0.25) is 0 Å². The molecule has 0 aliphatic heterocycles. The van der Waals surface area contributed by atoms with Crippen LogP contribution in [0.5, 0.6) is 0 Å². The lowest BCUT2D eigenvalue weighted by atomic mass is 10.2. The topological polar surface area (TPSA) is 76.0 Å². The van der Waals surface area contributed by atoms with E-state index in [-0.39, 0.29) is 5.56 Å². The van der Waals surface area contributed by atoms with Crippen molar-refractivity contribution in [2.24, 2.45) is 0 Å². The van der Waals surface area contributed by atoms with Crippen LogP contribution in [0, 0.1) is 0 Å². The number of carbonyl (C=O) groups excluding carboxylic acids is 1. The van der Waals surface area contributed by atoms with E-state index in [4.69, 9.17) is 11.6 Å². The zero-order valence-corrected chi connectivity index (χ0v) is 14.9. The predicted octanol–water partition coefficient (Wildman–Crippen LogP) is 3.94. The number of urea groups is 1. The third kappa shape index (κ3) is 3.94. The number of anilines is 1. The maximum atomic E-state index is 12.7. The van der Waals surface area contributed by atoms with Crippen molar-refractivity contribution in [3.8, 4) is 0 Å². The Hall–Kier alpha value is -2.51. The molecule has 25 heavy (non-hydrogen) atoms. The number of halogens is 1. The molecule has 0 fully saturated rings. The fraction of sp³-hybridized carbons (Fsp3) is 0.118. The third-order valence-electron chi connectivity index (χ3n) is 3.33. The Morgan fingerprint density at radius 3 is 2.64 bits per heavy atom. The number of carbonyl (C=O) groups is 1. The van der Waals surface area contributed by atoms with Crippen molar-refractivity contribution in [2.45, 2.75) is 12.1 Å². The summed E-state index contributed by atoms with van der Waals surface area (Å²) in [6.45, 7) is 1.95. The van der Waals surface area contributed by atoms with Gasteiger partial charge in [0.25, 0.3) is 5.56 Å². The molecule has 0 bridgehead atoms. The summed E-state index contributed by atoms with van der Waals surface area (Å²) in [4.78, 5) is 29.4. The quantitative estimate of drug-likeness (QED) is 0.535. The van der Waals surface area contributed by atoms with Gasteiger partial charge in [-0.3, -0.25) is 4.79 Å². The fourth-order valence-corrected chi connectivity index (χ4v) is 3.04. The van der Waals surface area contributed by atoms with Gasteiger partial charge in [-0.2, -0.15) is 4.68 Å². The Balaban J connectivity index is 1.92. The van der Waals surface area contributed by atoms with Gasteiger partial charge in [0, 0.05) is 10.7 Å². The number of thioether (sulfide) groups is 1. The number of nitrogens with zero attached hydrogens (tertiary/aromatic N) is 2. The zero-order chi connectivity index (χ0) is 17.8. The molecule has 2 N–H and O–H groups in total. The lowest BCUT2D eigenvalue weighted by molar-refractivity contribution is 0.259. The molecule has 6 nitrogen and oxygen atoms in total. The molecule has 128 valence electrons. The van der Waals surface area contributed by atoms with E-state index >= 15 is 0 Å². The molecule has 1 heterocycles. The molecule has 3 aromatic rings. The van der Waals surface area contributed by atoms with Crippen LogP contribution < -0.4 is 16.3 Å². The smallest absolute Gasteiger partial charge is 0.307 e. The first-order valence-electron chi connectivity index (χ1n) is 7.56. The normalized spacial score (nSPS) is 10.6. The minimum Gasteiger partial charge on any atom is -0.307 e. The maximum Gasteiger partial charge on any atom is 0.338 e. The van der Waals surface area contributed by atoms with Gasteiger partial charge < -0.3 is 5.32 Å². The Morgan fingerprint density at radius 1 is 1.20 bits per heavy atom. The number of hydrogen-bond donors (Lipinski definition) is 2. The second-order valence-electron chi connectivity index (χ2n) is 5.06. The van der Waals surface area contributed by atoms with Crippen LogP contribution in [0.3, 0.4) is 0 Å². The number of para-hydroxylation sites is 1. The van der Waals surface area contributed by atoms with Gasteiger partial charge in [0.15, 0.2) is 5.16 Å². The highest BCUT2D eigenvalue weighted by atomic mass is 35.5. The Morgan fingerprint density at radius 2 is 1.92 bits per heavy atom. The molecule has 8 heteroatoms. The second-order valence-corrected chi connectivity index (χ2v) is 6.73. The van der Waals surface area contributed by atoms with Crippen LogP contribution in [0.4, 0.5) is 10.5 Å². The highest BCUT2D eigenvalue weighted by molar-refractivity contribution is 7.99. The van der Waals surface area contributed by atoms with Gasteiger partial charge in [-0.1, -0.05) is 42.4 Å². The van der Waals surface area contributed by atoms with Crippen molar-refractivity contribution in [3.05, 3.63) is 63.9 Å².